The van der Waals surface area contributed by atoms with E-state index < -0.39 is 29.5 Å². The highest BCUT2D eigenvalue weighted by atomic mass is 19.1. The summed E-state index contributed by atoms with van der Waals surface area (Å²) in [7, 11) is 0. The number of carbonyl (C=O) groups excluding carboxylic acids is 2. The second-order valence-corrected chi connectivity index (χ2v) is 6.33. The lowest BCUT2D eigenvalue weighted by atomic mass is 10.0. The molecule has 0 aliphatic carbocycles. The van der Waals surface area contributed by atoms with Crippen LogP contribution in [0.3, 0.4) is 0 Å². The summed E-state index contributed by atoms with van der Waals surface area (Å²) >= 11 is 0. The third kappa shape index (κ3) is 3.42. The lowest BCUT2D eigenvalue weighted by Crippen LogP contribution is -2.50. The van der Waals surface area contributed by atoms with E-state index >= 15 is 0 Å². The lowest BCUT2D eigenvalue weighted by Gasteiger charge is -2.33. The predicted octanol–water partition coefficient (Wildman–Crippen LogP) is 1.39. The Morgan fingerprint density at radius 3 is 2.77 bits per heavy atom. The molecule has 0 spiro atoms. The van der Waals surface area contributed by atoms with Crippen molar-refractivity contribution in [2.75, 3.05) is 6.54 Å². The molecule has 7 nitrogen and oxygen atoms in total. The molecule has 2 amide bonds. The highest BCUT2D eigenvalue weighted by molar-refractivity contribution is 5.96. The summed E-state index contributed by atoms with van der Waals surface area (Å²) in [5, 5.41) is 7.80. The van der Waals surface area contributed by atoms with Gasteiger partial charge in [0, 0.05) is 18.2 Å². The van der Waals surface area contributed by atoms with Crippen LogP contribution in [-0.4, -0.2) is 44.3 Å². The zero-order chi connectivity index (χ0) is 18.8. The van der Waals surface area contributed by atoms with Gasteiger partial charge < -0.3 is 10.6 Å². The van der Waals surface area contributed by atoms with Crippen molar-refractivity contribution in [3.8, 4) is 0 Å². The zero-order valence-corrected chi connectivity index (χ0v) is 14.3. The van der Waals surface area contributed by atoms with Crippen LogP contribution in [-0.2, 0) is 11.3 Å². The summed E-state index contributed by atoms with van der Waals surface area (Å²) in [6.45, 7) is 2.07. The fraction of sp³-hybridized carbons (Fsp3) is 0.412. The first-order valence-electron chi connectivity index (χ1n) is 8.32. The molecule has 9 heteroatoms. The molecule has 1 aromatic heterocycles. The van der Waals surface area contributed by atoms with Gasteiger partial charge in [0.15, 0.2) is 5.69 Å². The maximum atomic E-state index is 13.8. The average Bonchev–Trinajstić information content (AvgIpc) is 2.97. The van der Waals surface area contributed by atoms with E-state index in [4.69, 9.17) is 5.73 Å². The number of halogens is 2. The van der Waals surface area contributed by atoms with Crippen molar-refractivity contribution < 1.29 is 18.4 Å². The first-order valence-corrected chi connectivity index (χ1v) is 8.32. The second-order valence-electron chi connectivity index (χ2n) is 6.33. The molecule has 138 valence electrons. The van der Waals surface area contributed by atoms with Crippen LogP contribution in [0.25, 0.3) is 0 Å². The van der Waals surface area contributed by atoms with Gasteiger partial charge in [-0.2, -0.15) is 0 Å². The largest absolute Gasteiger partial charge is 0.368 e. The molecule has 1 saturated heterocycles. The van der Waals surface area contributed by atoms with Crippen molar-refractivity contribution in [1.29, 1.82) is 0 Å². The number of hydrogen-bond donors (Lipinski definition) is 1. The van der Waals surface area contributed by atoms with Gasteiger partial charge in [-0.1, -0.05) is 11.3 Å². The number of aromatic nitrogens is 3. The summed E-state index contributed by atoms with van der Waals surface area (Å²) in [5.74, 6) is -2.33. The third-order valence-electron chi connectivity index (χ3n) is 4.61. The molecule has 3 rings (SSSR count). The second kappa shape index (κ2) is 7.19. The molecule has 0 bridgehead atoms. The van der Waals surface area contributed by atoms with Crippen LogP contribution >= 0.6 is 0 Å². The van der Waals surface area contributed by atoms with Crippen LogP contribution in [0.5, 0.6) is 0 Å². The number of primary amides is 1. The van der Waals surface area contributed by atoms with Crippen molar-refractivity contribution in [3.63, 3.8) is 0 Å². The van der Waals surface area contributed by atoms with Gasteiger partial charge in [0.1, 0.15) is 17.7 Å². The van der Waals surface area contributed by atoms with E-state index in [0.29, 0.717) is 18.7 Å². The topological polar surface area (TPSA) is 94.1 Å². The quantitative estimate of drug-likeness (QED) is 0.888. The molecule has 1 aromatic carbocycles. The molecule has 1 aliphatic heterocycles. The van der Waals surface area contributed by atoms with Gasteiger partial charge in [0.2, 0.25) is 5.91 Å². The normalized spacial score (nSPS) is 17.3. The number of likely N-dealkylation sites (tertiary alicyclic amines) is 1. The van der Waals surface area contributed by atoms with Crippen LogP contribution in [0.4, 0.5) is 8.78 Å². The van der Waals surface area contributed by atoms with E-state index in [9.17, 15) is 18.4 Å². The zero-order valence-electron chi connectivity index (χ0n) is 14.3. The van der Waals surface area contributed by atoms with Gasteiger partial charge in [0.05, 0.1) is 12.2 Å². The summed E-state index contributed by atoms with van der Waals surface area (Å²) in [6, 6.07) is 2.61. The highest BCUT2D eigenvalue weighted by Crippen LogP contribution is 2.20. The number of nitrogens with two attached hydrogens (primary N) is 1. The van der Waals surface area contributed by atoms with Crippen molar-refractivity contribution in [3.05, 3.63) is 46.8 Å². The predicted molar refractivity (Wildman–Crippen MR) is 88.1 cm³/mol. The first-order chi connectivity index (χ1) is 12.4. The number of piperidine rings is 1. The summed E-state index contributed by atoms with van der Waals surface area (Å²) < 4.78 is 28.2. The van der Waals surface area contributed by atoms with E-state index in [0.717, 1.165) is 25.0 Å². The average molecular weight is 363 g/mol. The lowest BCUT2D eigenvalue weighted by molar-refractivity contribution is -0.123. The number of nitrogens with zero attached hydrogens (tertiary/aromatic N) is 4. The number of rotatable bonds is 4. The standard InChI is InChI=1S/C17H19F2N5O2/c1-10-15(17(26)23-7-3-2-4-14(23)16(20)25)21-22-24(10)9-11-5-6-12(18)8-13(11)19/h5-6,8,14H,2-4,7,9H2,1H3,(H2,20,25)/t14-/m1/s1. The van der Waals surface area contributed by atoms with Crippen LogP contribution < -0.4 is 5.73 Å². The van der Waals surface area contributed by atoms with Crippen molar-refractivity contribution >= 4 is 11.8 Å². The Balaban J connectivity index is 1.84. The monoisotopic (exact) mass is 363 g/mol. The van der Waals surface area contributed by atoms with Crippen molar-refractivity contribution in [2.45, 2.75) is 38.8 Å². The maximum absolute atomic E-state index is 13.8. The molecule has 2 aromatic rings. The minimum absolute atomic E-state index is 0.0114. The SMILES string of the molecule is Cc1c(C(=O)N2CCCC[C@@H]2C(N)=O)nnn1Cc1ccc(F)cc1F. The Labute approximate surface area is 148 Å². The van der Waals surface area contributed by atoms with Crippen LogP contribution in [0.1, 0.15) is 41.0 Å². The Morgan fingerprint density at radius 1 is 1.31 bits per heavy atom. The minimum atomic E-state index is -0.697. The fourth-order valence-corrected chi connectivity index (χ4v) is 3.13. The summed E-state index contributed by atoms with van der Waals surface area (Å²) in [5.41, 5.74) is 6.16. The van der Waals surface area contributed by atoms with E-state index in [1.54, 1.807) is 6.92 Å². The minimum Gasteiger partial charge on any atom is -0.368 e. The first kappa shape index (κ1) is 18.0. The molecule has 2 heterocycles. The number of benzene rings is 1. The van der Waals surface area contributed by atoms with Gasteiger partial charge in [-0.05, 0) is 32.3 Å². The van der Waals surface area contributed by atoms with Crippen molar-refractivity contribution in [1.82, 2.24) is 19.9 Å². The molecular weight excluding hydrogens is 344 g/mol. The fourth-order valence-electron chi connectivity index (χ4n) is 3.13. The Hall–Kier alpha value is -2.84. The van der Waals surface area contributed by atoms with E-state index in [1.807, 2.05) is 0 Å². The van der Waals surface area contributed by atoms with Gasteiger partial charge >= 0.3 is 0 Å². The number of hydrogen-bond acceptors (Lipinski definition) is 4. The highest BCUT2D eigenvalue weighted by Gasteiger charge is 2.33. The van der Waals surface area contributed by atoms with Gasteiger partial charge in [-0.3, -0.25) is 9.59 Å². The summed E-state index contributed by atoms with van der Waals surface area (Å²) in [4.78, 5) is 25.8. The molecule has 0 unspecified atom stereocenters. The molecule has 2 N–H and O–H groups in total. The third-order valence-corrected chi connectivity index (χ3v) is 4.61. The molecule has 0 radical (unpaired) electrons. The van der Waals surface area contributed by atoms with Gasteiger partial charge in [0.25, 0.3) is 5.91 Å². The molecule has 0 saturated carbocycles. The Morgan fingerprint density at radius 2 is 2.08 bits per heavy atom. The maximum Gasteiger partial charge on any atom is 0.277 e. The van der Waals surface area contributed by atoms with E-state index in [-0.39, 0.29) is 17.8 Å². The Kier molecular flexibility index (Phi) is 4.97. The molecule has 1 atom stereocenters. The number of carbonyl (C=O) groups is 2. The van der Waals surface area contributed by atoms with Crippen LogP contribution in [0.15, 0.2) is 18.2 Å². The van der Waals surface area contributed by atoms with Crippen molar-refractivity contribution in [2.24, 2.45) is 5.73 Å². The molecule has 26 heavy (non-hydrogen) atoms. The molecule has 1 aliphatic rings. The molecular formula is C17H19F2N5O2. The molecule has 1 fully saturated rings. The number of amides is 2. The van der Waals surface area contributed by atoms with E-state index in [2.05, 4.69) is 10.3 Å². The van der Waals surface area contributed by atoms with Gasteiger partial charge in [-0.25, -0.2) is 13.5 Å². The van der Waals surface area contributed by atoms with Gasteiger partial charge in [-0.15, -0.1) is 5.10 Å². The van der Waals surface area contributed by atoms with Crippen LogP contribution in [0.2, 0.25) is 0 Å². The van der Waals surface area contributed by atoms with Crippen LogP contribution in [0, 0.1) is 18.6 Å². The Bertz CT molecular complexity index is 852. The van der Waals surface area contributed by atoms with E-state index in [1.165, 1.54) is 15.6 Å². The summed E-state index contributed by atoms with van der Waals surface area (Å²) in [6.07, 6.45) is 2.13. The smallest absolute Gasteiger partial charge is 0.277 e.